The highest BCUT2D eigenvalue weighted by molar-refractivity contribution is 5.86. The lowest BCUT2D eigenvalue weighted by molar-refractivity contribution is -0.388. The number of hydrogen-bond donors (Lipinski definition) is 1. The number of amides is 1. The van der Waals surface area contributed by atoms with Gasteiger partial charge in [-0.3, -0.25) is 5.32 Å². The van der Waals surface area contributed by atoms with E-state index in [9.17, 15) is 14.9 Å². The molecule has 0 aliphatic rings. The van der Waals surface area contributed by atoms with Crippen molar-refractivity contribution in [1.82, 2.24) is 4.98 Å². The summed E-state index contributed by atoms with van der Waals surface area (Å²) in [5.41, 5.74) is -0.153. The third-order valence-electron chi connectivity index (χ3n) is 1.83. The molecule has 1 heterocycles. The summed E-state index contributed by atoms with van der Waals surface area (Å²) in [6.45, 7) is 5.94. The second-order valence-corrected chi connectivity index (χ2v) is 4.89. The van der Waals surface area contributed by atoms with E-state index in [1.807, 2.05) is 20.8 Å². The topological polar surface area (TPSA) is 94.4 Å². The Morgan fingerprint density at radius 1 is 1.56 bits per heavy atom. The molecule has 0 aliphatic heterocycles. The Morgan fingerprint density at radius 3 is 2.78 bits per heavy atom. The van der Waals surface area contributed by atoms with Gasteiger partial charge in [-0.2, -0.15) is 0 Å². The van der Waals surface area contributed by atoms with Crippen LogP contribution in [0.3, 0.4) is 0 Å². The van der Waals surface area contributed by atoms with Gasteiger partial charge in [0.15, 0.2) is 0 Å². The lowest BCUT2D eigenvalue weighted by Crippen LogP contribution is -2.22. The first kappa shape index (κ1) is 13.9. The monoisotopic (exact) mass is 253 g/mol. The summed E-state index contributed by atoms with van der Waals surface area (Å²) < 4.78 is 4.94. The second kappa shape index (κ2) is 5.44. The van der Waals surface area contributed by atoms with Crippen molar-refractivity contribution in [2.24, 2.45) is 5.41 Å². The number of nitro groups is 1. The molecular weight excluding hydrogens is 238 g/mol. The van der Waals surface area contributed by atoms with Gasteiger partial charge in [-0.1, -0.05) is 20.8 Å². The van der Waals surface area contributed by atoms with Crippen molar-refractivity contribution in [3.05, 3.63) is 28.4 Å². The number of pyridine rings is 1. The quantitative estimate of drug-likeness (QED) is 0.659. The number of carbonyl (C=O) groups excluding carboxylic acids is 1. The minimum Gasteiger partial charge on any atom is -0.449 e. The molecule has 0 fully saturated rings. The van der Waals surface area contributed by atoms with E-state index >= 15 is 0 Å². The van der Waals surface area contributed by atoms with E-state index in [-0.39, 0.29) is 17.7 Å². The van der Waals surface area contributed by atoms with E-state index in [0.717, 1.165) is 0 Å². The number of carbonyl (C=O) groups is 1. The Morgan fingerprint density at radius 2 is 2.22 bits per heavy atom. The maximum atomic E-state index is 11.5. The highest BCUT2D eigenvalue weighted by Crippen LogP contribution is 2.20. The number of ether oxygens (including phenoxy) is 1. The molecule has 1 N–H and O–H groups in total. The van der Waals surface area contributed by atoms with Gasteiger partial charge in [0.05, 0.1) is 6.61 Å². The van der Waals surface area contributed by atoms with E-state index in [4.69, 9.17) is 4.74 Å². The van der Waals surface area contributed by atoms with Crippen LogP contribution in [0.4, 0.5) is 16.3 Å². The number of nitrogens with one attached hydrogen (secondary N) is 1. The molecule has 7 nitrogen and oxygen atoms in total. The Hall–Kier alpha value is -2.18. The van der Waals surface area contributed by atoms with Crippen LogP contribution in [-0.4, -0.2) is 22.6 Å². The lowest BCUT2D eigenvalue weighted by atomic mass is 9.99. The van der Waals surface area contributed by atoms with Gasteiger partial charge >= 0.3 is 11.9 Å². The van der Waals surface area contributed by atoms with Gasteiger partial charge in [-0.25, -0.2) is 4.79 Å². The molecule has 0 aromatic carbocycles. The Labute approximate surface area is 104 Å². The summed E-state index contributed by atoms with van der Waals surface area (Å²) in [5.74, 6) is -0.412. The molecule has 1 aromatic rings. The van der Waals surface area contributed by atoms with Crippen molar-refractivity contribution < 1.29 is 14.5 Å². The average molecular weight is 253 g/mol. The molecule has 0 saturated carbocycles. The molecular formula is C11H15N3O4. The smallest absolute Gasteiger partial charge is 0.411 e. The SMILES string of the molecule is CC(C)(C)COC(=O)Nc1cccnc1[N+](=O)[O-]. The van der Waals surface area contributed by atoms with Gasteiger partial charge in [0.1, 0.15) is 11.9 Å². The molecule has 0 bridgehead atoms. The number of hydrogen-bond acceptors (Lipinski definition) is 5. The van der Waals surface area contributed by atoms with Crippen LogP contribution in [0.2, 0.25) is 0 Å². The van der Waals surface area contributed by atoms with Gasteiger partial charge < -0.3 is 14.9 Å². The first-order valence-electron chi connectivity index (χ1n) is 5.33. The molecule has 1 amide bonds. The van der Waals surface area contributed by atoms with Crippen LogP contribution in [0.5, 0.6) is 0 Å². The fourth-order valence-corrected chi connectivity index (χ4v) is 1.07. The predicted molar refractivity (Wildman–Crippen MR) is 65.3 cm³/mol. The van der Waals surface area contributed by atoms with Crippen LogP contribution in [0.1, 0.15) is 20.8 Å². The molecule has 18 heavy (non-hydrogen) atoms. The zero-order valence-corrected chi connectivity index (χ0v) is 10.5. The molecule has 0 unspecified atom stereocenters. The standard InChI is InChI=1S/C11H15N3O4/c1-11(2,3)7-18-10(15)13-8-5-4-6-12-9(8)14(16)17/h4-6H,7H2,1-3H3,(H,13,15). The zero-order valence-electron chi connectivity index (χ0n) is 10.5. The first-order valence-corrected chi connectivity index (χ1v) is 5.33. The van der Waals surface area contributed by atoms with Crippen molar-refractivity contribution in [1.29, 1.82) is 0 Å². The van der Waals surface area contributed by atoms with Gasteiger partial charge in [-0.05, 0) is 27.5 Å². The van der Waals surface area contributed by atoms with E-state index < -0.39 is 16.8 Å². The van der Waals surface area contributed by atoms with Crippen molar-refractivity contribution in [3.8, 4) is 0 Å². The third kappa shape index (κ3) is 4.36. The molecule has 1 rings (SSSR count). The first-order chi connectivity index (χ1) is 8.29. The molecule has 98 valence electrons. The van der Waals surface area contributed by atoms with Crippen LogP contribution in [0.25, 0.3) is 0 Å². The summed E-state index contributed by atoms with van der Waals surface area (Å²) in [5, 5.41) is 13.0. The normalized spacial score (nSPS) is 10.8. The molecule has 7 heteroatoms. The highest BCUT2D eigenvalue weighted by Gasteiger charge is 2.18. The summed E-state index contributed by atoms with van der Waals surface area (Å²) in [4.78, 5) is 25.0. The third-order valence-corrected chi connectivity index (χ3v) is 1.83. The van der Waals surface area contributed by atoms with Gasteiger partial charge in [0.2, 0.25) is 0 Å². The zero-order chi connectivity index (χ0) is 13.8. The number of anilines is 1. The summed E-state index contributed by atoms with van der Waals surface area (Å²) >= 11 is 0. The maximum Gasteiger partial charge on any atom is 0.411 e. The summed E-state index contributed by atoms with van der Waals surface area (Å²) in [6.07, 6.45) is 0.546. The highest BCUT2D eigenvalue weighted by atomic mass is 16.6. The lowest BCUT2D eigenvalue weighted by Gasteiger charge is -2.17. The van der Waals surface area contributed by atoms with E-state index in [2.05, 4.69) is 10.3 Å². The molecule has 0 saturated heterocycles. The number of nitrogens with zero attached hydrogens (tertiary/aromatic N) is 2. The van der Waals surface area contributed by atoms with Crippen LogP contribution in [0, 0.1) is 15.5 Å². The van der Waals surface area contributed by atoms with Crippen molar-refractivity contribution in [2.75, 3.05) is 11.9 Å². The summed E-state index contributed by atoms with van der Waals surface area (Å²) in [6, 6.07) is 2.88. The van der Waals surface area contributed by atoms with Crippen molar-refractivity contribution in [2.45, 2.75) is 20.8 Å². The van der Waals surface area contributed by atoms with E-state index in [0.29, 0.717) is 0 Å². The Kier molecular flexibility index (Phi) is 4.19. The predicted octanol–water partition coefficient (Wildman–Crippen LogP) is 2.58. The largest absolute Gasteiger partial charge is 0.449 e. The molecule has 1 aromatic heterocycles. The molecule has 0 aliphatic carbocycles. The molecule has 0 radical (unpaired) electrons. The maximum absolute atomic E-state index is 11.5. The van der Waals surface area contributed by atoms with Crippen LogP contribution >= 0.6 is 0 Å². The Balaban J connectivity index is 2.68. The van der Waals surface area contributed by atoms with Crippen LogP contribution < -0.4 is 5.32 Å². The van der Waals surface area contributed by atoms with E-state index in [1.165, 1.54) is 18.3 Å². The second-order valence-electron chi connectivity index (χ2n) is 4.89. The number of aromatic nitrogens is 1. The summed E-state index contributed by atoms with van der Waals surface area (Å²) in [7, 11) is 0. The van der Waals surface area contributed by atoms with E-state index in [1.54, 1.807) is 0 Å². The van der Waals surface area contributed by atoms with Crippen molar-refractivity contribution >= 4 is 17.6 Å². The Bertz CT molecular complexity index is 454. The van der Waals surface area contributed by atoms with Crippen LogP contribution in [0.15, 0.2) is 18.3 Å². The minimum absolute atomic E-state index is 0.0152. The van der Waals surface area contributed by atoms with Crippen LogP contribution in [-0.2, 0) is 4.74 Å². The van der Waals surface area contributed by atoms with Gasteiger partial charge in [0.25, 0.3) is 0 Å². The average Bonchev–Trinajstić information content (AvgIpc) is 2.26. The minimum atomic E-state index is -0.735. The van der Waals surface area contributed by atoms with Crippen molar-refractivity contribution in [3.63, 3.8) is 0 Å². The number of rotatable bonds is 3. The van der Waals surface area contributed by atoms with Gasteiger partial charge in [0, 0.05) is 0 Å². The fraction of sp³-hybridized carbons (Fsp3) is 0.455. The van der Waals surface area contributed by atoms with Gasteiger partial charge in [-0.15, -0.1) is 0 Å². The molecule has 0 atom stereocenters. The fourth-order valence-electron chi connectivity index (χ4n) is 1.07. The molecule has 0 spiro atoms.